The molecule has 0 saturated carbocycles. The van der Waals surface area contributed by atoms with E-state index in [1.807, 2.05) is 12.2 Å². The van der Waals surface area contributed by atoms with Gasteiger partial charge in [-0.1, -0.05) is 60.7 Å². The van der Waals surface area contributed by atoms with Crippen molar-refractivity contribution in [1.82, 2.24) is 0 Å². The van der Waals surface area contributed by atoms with Gasteiger partial charge in [-0.05, 0) is 60.8 Å². The summed E-state index contributed by atoms with van der Waals surface area (Å²) in [6, 6.07) is 18.0. The van der Waals surface area contributed by atoms with Crippen LogP contribution in [0.5, 0.6) is 0 Å². The third-order valence-corrected chi connectivity index (χ3v) is 4.02. The highest BCUT2D eigenvalue weighted by atomic mass is 14.0. The molecule has 0 heteroatoms. The van der Waals surface area contributed by atoms with E-state index in [0.717, 1.165) is 38.5 Å². The second kappa shape index (κ2) is 9.04. The first kappa shape index (κ1) is 16.3. The molecule has 0 spiro atoms. The number of aryl methyl sites for hydroxylation is 4. The minimum atomic E-state index is 1.05. The molecule has 22 heavy (non-hydrogen) atoms. The van der Waals surface area contributed by atoms with Crippen molar-refractivity contribution in [3.8, 4) is 0 Å². The van der Waals surface area contributed by atoms with Crippen LogP contribution in [0.1, 0.15) is 35.1 Å². The van der Waals surface area contributed by atoms with Crippen LogP contribution >= 0.6 is 0 Å². The number of hydrogen-bond donors (Lipinski definition) is 0. The van der Waals surface area contributed by atoms with Gasteiger partial charge in [-0.15, -0.1) is 13.2 Å². The molecule has 0 aliphatic rings. The van der Waals surface area contributed by atoms with E-state index in [-0.39, 0.29) is 0 Å². The van der Waals surface area contributed by atoms with Gasteiger partial charge in [0.2, 0.25) is 0 Å². The standard InChI is InChI=1S/C22H26/c1-3-5-7-19-9-13-21(14-10-19)17-18-22-15-11-20(12-16-22)8-6-4-2/h3-4,9-16H,1-2,5-8,17-18H2. The molecule has 0 fully saturated rings. The summed E-state index contributed by atoms with van der Waals surface area (Å²) in [5, 5.41) is 0. The van der Waals surface area contributed by atoms with E-state index >= 15 is 0 Å². The van der Waals surface area contributed by atoms with Crippen LogP contribution < -0.4 is 0 Å². The van der Waals surface area contributed by atoms with E-state index in [1.165, 1.54) is 22.3 Å². The SMILES string of the molecule is C=CCCc1ccc(CCc2ccc(CCC=C)cc2)cc1. The Morgan fingerprint density at radius 1 is 0.500 bits per heavy atom. The zero-order valence-corrected chi connectivity index (χ0v) is 13.4. The minimum Gasteiger partial charge on any atom is -0.103 e. The molecular weight excluding hydrogens is 264 g/mol. The Morgan fingerprint density at radius 3 is 1.05 bits per heavy atom. The second-order valence-electron chi connectivity index (χ2n) is 5.79. The molecule has 0 aliphatic carbocycles. The van der Waals surface area contributed by atoms with E-state index < -0.39 is 0 Å². The first-order chi connectivity index (χ1) is 10.8. The van der Waals surface area contributed by atoms with Crippen molar-refractivity contribution in [1.29, 1.82) is 0 Å². The number of hydrogen-bond acceptors (Lipinski definition) is 0. The molecule has 2 rings (SSSR count). The first-order valence-corrected chi connectivity index (χ1v) is 8.19. The minimum absolute atomic E-state index is 1.05. The van der Waals surface area contributed by atoms with E-state index in [9.17, 15) is 0 Å². The fourth-order valence-corrected chi connectivity index (χ4v) is 2.57. The zero-order valence-electron chi connectivity index (χ0n) is 13.4. The van der Waals surface area contributed by atoms with Crippen LogP contribution in [0.4, 0.5) is 0 Å². The zero-order chi connectivity index (χ0) is 15.6. The Hall–Kier alpha value is -2.08. The van der Waals surface area contributed by atoms with Gasteiger partial charge in [0.25, 0.3) is 0 Å². The van der Waals surface area contributed by atoms with Gasteiger partial charge in [0.05, 0.1) is 0 Å². The predicted molar refractivity (Wildman–Crippen MR) is 97.3 cm³/mol. The smallest absolute Gasteiger partial charge is 0.0238 e. The van der Waals surface area contributed by atoms with Gasteiger partial charge >= 0.3 is 0 Å². The van der Waals surface area contributed by atoms with Gasteiger partial charge in [-0.25, -0.2) is 0 Å². The average Bonchev–Trinajstić information content (AvgIpc) is 2.58. The topological polar surface area (TPSA) is 0 Å². The van der Waals surface area contributed by atoms with E-state index in [4.69, 9.17) is 0 Å². The lowest BCUT2D eigenvalue weighted by Crippen LogP contribution is -1.93. The van der Waals surface area contributed by atoms with Crippen LogP contribution in [-0.4, -0.2) is 0 Å². The maximum absolute atomic E-state index is 3.77. The van der Waals surface area contributed by atoms with Crippen LogP contribution in [-0.2, 0) is 25.7 Å². The van der Waals surface area contributed by atoms with Crippen molar-refractivity contribution >= 4 is 0 Å². The van der Waals surface area contributed by atoms with E-state index in [2.05, 4.69) is 61.7 Å². The van der Waals surface area contributed by atoms with Crippen molar-refractivity contribution < 1.29 is 0 Å². The van der Waals surface area contributed by atoms with Crippen LogP contribution in [0.2, 0.25) is 0 Å². The highest BCUT2D eigenvalue weighted by Crippen LogP contribution is 2.12. The lowest BCUT2D eigenvalue weighted by atomic mass is 10.0. The molecule has 0 atom stereocenters. The van der Waals surface area contributed by atoms with Crippen LogP contribution in [0, 0.1) is 0 Å². The van der Waals surface area contributed by atoms with E-state index in [0.29, 0.717) is 0 Å². The largest absolute Gasteiger partial charge is 0.103 e. The Balaban J connectivity index is 1.84. The highest BCUT2D eigenvalue weighted by Gasteiger charge is 1.98. The average molecular weight is 290 g/mol. The first-order valence-electron chi connectivity index (χ1n) is 8.19. The molecule has 0 N–H and O–H groups in total. The molecule has 0 aromatic heterocycles. The number of benzene rings is 2. The molecule has 0 radical (unpaired) electrons. The summed E-state index contributed by atoms with van der Waals surface area (Å²) in [5.74, 6) is 0. The Bertz CT molecular complexity index is 517. The maximum atomic E-state index is 3.77. The Labute approximate surface area is 135 Å². The third kappa shape index (κ3) is 5.37. The predicted octanol–water partition coefficient (Wildman–Crippen LogP) is 5.71. The van der Waals surface area contributed by atoms with Gasteiger partial charge in [0, 0.05) is 0 Å². The van der Waals surface area contributed by atoms with Crippen molar-refractivity contribution in [2.45, 2.75) is 38.5 Å². The quantitative estimate of drug-likeness (QED) is 0.519. The van der Waals surface area contributed by atoms with Crippen molar-refractivity contribution in [2.24, 2.45) is 0 Å². The van der Waals surface area contributed by atoms with Gasteiger partial charge in [0.15, 0.2) is 0 Å². The lowest BCUT2D eigenvalue weighted by molar-refractivity contribution is 0.944. The summed E-state index contributed by atoms with van der Waals surface area (Å²) in [6.45, 7) is 7.55. The van der Waals surface area contributed by atoms with Crippen LogP contribution in [0.15, 0.2) is 73.8 Å². The molecule has 0 saturated heterocycles. The summed E-state index contributed by atoms with van der Waals surface area (Å²) in [7, 11) is 0. The molecule has 0 nitrogen and oxygen atoms in total. The normalized spacial score (nSPS) is 10.4. The summed E-state index contributed by atoms with van der Waals surface area (Å²) >= 11 is 0. The third-order valence-electron chi connectivity index (χ3n) is 4.02. The molecule has 2 aromatic carbocycles. The molecule has 0 unspecified atom stereocenters. The summed E-state index contributed by atoms with van der Waals surface area (Å²) < 4.78 is 0. The Kier molecular flexibility index (Phi) is 6.70. The van der Waals surface area contributed by atoms with E-state index in [1.54, 1.807) is 0 Å². The second-order valence-corrected chi connectivity index (χ2v) is 5.79. The number of allylic oxidation sites excluding steroid dienone is 2. The fraction of sp³-hybridized carbons (Fsp3) is 0.273. The molecule has 0 heterocycles. The molecule has 0 amide bonds. The monoisotopic (exact) mass is 290 g/mol. The molecule has 0 bridgehead atoms. The van der Waals surface area contributed by atoms with Gasteiger partial charge in [0.1, 0.15) is 0 Å². The Morgan fingerprint density at radius 2 is 0.773 bits per heavy atom. The van der Waals surface area contributed by atoms with Crippen molar-refractivity contribution in [2.75, 3.05) is 0 Å². The van der Waals surface area contributed by atoms with Crippen molar-refractivity contribution in [3.05, 3.63) is 96.1 Å². The molecule has 0 aliphatic heterocycles. The fourth-order valence-electron chi connectivity index (χ4n) is 2.57. The maximum Gasteiger partial charge on any atom is -0.0238 e. The van der Waals surface area contributed by atoms with Crippen LogP contribution in [0.25, 0.3) is 0 Å². The van der Waals surface area contributed by atoms with Gasteiger partial charge < -0.3 is 0 Å². The van der Waals surface area contributed by atoms with Gasteiger partial charge in [-0.2, -0.15) is 0 Å². The summed E-state index contributed by atoms with van der Waals surface area (Å²) in [6.07, 6.45) is 10.5. The van der Waals surface area contributed by atoms with Gasteiger partial charge in [-0.3, -0.25) is 0 Å². The number of rotatable bonds is 9. The molecule has 2 aromatic rings. The molecule has 114 valence electrons. The van der Waals surface area contributed by atoms with Crippen LogP contribution in [0.3, 0.4) is 0 Å². The molecular formula is C22H26. The summed E-state index contributed by atoms with van der Waals surface area (Å²) in [4.78, 5) is 0. The summed E-state index contributed by atoms with van der Waals surface area (Å²) in [5.41, 5.74) is 5.63. The van der Waals surface area contributed by atoms with Crippen molar-refractivity contribution in [3.63, 3.8) is 0 Å². The highest BCUT2D eigenvalue weighted by molar-refractivity contribution is 5.26. The lowest BCUT2D eigenvalue weighted by Gasteiger charge is -2.05.